The maximum atomic E-state index is 13.1. The minimum Gasteiger partial charge on any atom is -0.378 e. The van der Waals surface area contributed by atoms with Gasteiger partial charge < -0.3 is 14.8 Å². The number of fused-ring (bicyclic) bond motifs is 1. The molecule has 3 aromatic rings. The minimum absolute atomic E-state index is 0.190. The number of nitriles is 1. The van der Waals surface area contributed by atoms with Crippen LogP contribution in [0.2, 0.25) is 0 Å². The van der Waals surface area contributed by atoms with E-state index in [0.717, 1.165) is 29.6 Å². The van der Waals surface area contributed by atoms with Crippen molar-refractivity contribution in [2.75, 3.05) is 25.5 Å². The highest BCUT2D eigenvalue weighted by molar-refractivity contribution is 5.94. The van der Waals surface area contributed by atoms with Crippen LogP contribution in [-0.4, -0.2) is 35.6 Å². The fourth-order valence-electron chi connectivity index (χ4n) is 3.69. The van der Waals surface area contributed by atoms with Crippen molar-refractivity contribution in [2.45, 2.75) is 19.5 Å². The number of nitrogens with one attached hydrogen (secondary N) is 1. The number of aromatic nitrogens is 1. The Bertz CT molecular complexity index is 1090. The third-order valence-corrected chi connectivity index (χ3v) is 5.16. The Labute approximate surface area is 158 Å². The van der Waals surface area contributed by atoms with Crippen molar-refractivity contribution in [3.05, 3.63) is 75.6 Å². The predicted octanol–water partition coefficient (Wildman–Crippen LogP) is 2.96. The second-order valence-corrected chi connectivity index (χ2v) is 7.32. The van der Waals surface area contributed by atoms with E-state index in [1.54, 1.807) is 4.57 Å². The molecule has 5 heteroatoms. The molecule has 27 heavy (non-hydrogen) atoms. The van der Waals surface area contributed by atoms with E-state index >= 15 is 0 Å². The third kappa shape index (κ3) is 3.20. The highest BCUT2D eigenvalue weighted by Crippen LogP contribution is 2.27. The molecule has 0 aliphatic carbocycles. The number of likely N-dealkylation sites (N-methyl/N-ethyl adjacent to an activating group) is 1. The molecule has 4 rings (SSSR count). The molecule has 1 saturated heterocycles. The Kier molecular flexibility index (Phi) is 4.43. The molecule has 1 fully saturated rings. The first-order valence-electron chi connectivity index (χ1n) is 9.13. The summed E-state index contributed by atoms with van der Waals surface area (Å²) in [6.45, 7) is 4.30. The maximum absolute atomic E-state index is 13.1. The average Bonchev–Trinajstić information content (AvgIpc) is 2.65. The number of pyridine rings is 1. The topological polar surface area (TPSA) is 61.1 Å². The van der Waals surface area contributed by atoms with Crippen molar-refractivity contribution < 1.29 is 0 Å². The third-order valence-electron chi connectivity index (χ3n) is 5.16. The van der Waals surface area contributed by atoms with Crippen molar-refractivity contribution in [3.63, 3.8) is 0 Å². The zero-order valence-electron chi connectivity index (χ0n) is 15.6. The summed E-state index contributed by atoms with van der Waals surface area (Å²) >= 11 is 0. The number of rotatable bonds is 4. The van der Waals surface area contributed by atoms with Gasteiger partial charge in [0.05, 0.1) is 23.8 Å². The molecule has 1 N–H and O–H groups in total. The van der Waals surface area contributed by atoms with E-state index in [-0.39, 0.29) is 17.2 Å². The first-order valence-corrected chi connectivity index (χ1v) is 9.13. The summed E-state index contributed by atoms with van der Waals surface area (Å²) in [6.07, 6.45) is 0. The molecule has 0 spiro atoms. The number of hydrogen-bond donors (Lipinski definition) is 1. The number of nitrogens with zero attached hydrogens (tertiary/aromatic N) is 3. The number of para-hydroxylation sites is 1. The maximum Gasteiger partial charge on any atom is 0.271 e. The van der Waals surface area contributed by atoms with Gasteiger partial charge in [0, 0.05) is 18.5 Å². The van der Waals surface area contributed by atoms with Gasteiger partial charge in [-0.15, -0.1) is 0 Å². The SMILES string of the molecule is Cc1ccc(Cn2c(=O)c(C#N)c(NC3CN(C)C3)c3ccccc32)cc1. The number of anilines is 1. The largest absolute Gasteiger partial charge is 0.378 e. The number of hydrogen-bond acceptors (Lipinski definition) is 4. The molecule has 1 aliphatic heterocycles. The molecule has 0 radical (unpaired) electrons. The second kappa shape index (κ2) is 6.90. The molecule has 0 atom stereocenters. The summed E-state index contributed by atoms with van der Waals surface area (Å²) in [7, 11) is 2.06. The van der Waals surface area contributed by atoms with Crippen LogP contribution in [0.25, 0.3) is 10.9 Å². The normalized spacial score (nSPS) is 14.7. The standard InChI is InChI=1S/C22H22N4O/c1-15-7-9-16(10-8-15)12-26-20-6-4-3-5-18(20)21(19(11-23)22(26)27)24-17-13-25(2)14-17/h3-10,17,24H,12-14H2,1-2H3. The number of benzene rings is 2. The van der Waals surface area contributed by atoms with Crippen LogP contribution >= 0.6 is 0 Å². The van der Waals surface area contributed by atoms with Gasteiger partial charge in [0.15, 0.2) is 0 Å². The zero-order valence-corrected chi connectivity index (χ0v) is 15.6. The molecule has 0 unspecified atom stereocenters. The minimum atomic E-state index is -0.244. The van der Waals surface area contributed by atoms with E-state index in [1.165, 1.54) is 5.56 Å². The van der Waals surface area contributed by atoms with Gasteiger partial charge in [-0.1, -0.05) is 48.0 Å². The van der Waals surface area contributed by atoms with E-state index < -0.39 is 0 Å². The van der Waals surface area contributed by atoms with E-state index in [0.29, 0.717) is 12.2 Å². The van der Waals surface area contributed by atoms with Crippen LogP contribution in [0.15, 0.2) is 53.3 Å². The lowest BCUT2D eigenvalue weighted by Crippen LogP contribution is -2.52. The second-order valence-electron chi connectivity index (χ2n) is 7.32. The van der Waals surface area contributed by atoms with E-state index in [2.05, 4.69) is 23.3 Å². The van der Waals surface area contributed by atoms with Crippen LogP contribution in [-0.2, 0) is 6.54 Å². The predicted molar refractivity (Wildman–Crippen MR) is 108 cm³/mol. The smallest absolute Gasteiger partial charge is 0.271 e. The lowest BCUT2D eigenvalue weighted by atomic mass is 10.0. The lowest BCUT2D eigenvalue weighted by Gasteiger charge is -2.37. The van der Waals surface area contributed by atoms with Crippen LogP contribution in [0, 0.1) is 18.3 Å². The van der Waals surface area contributed by atoms with Gasteiger partial charge in [0.2, 0.25) is 0 Å². The van der Waals surface area contributed by atoms with E-state index in [1.807, 2.05) is 55.5 Å². The van der Waals surface area contributed by atoms with Crippen LogP contribution in [0.4, 0.5) is 5.69 Å². The van der Waals surface area contributed by atoms with Crippen molar-refractivity contribution >= 4 is 16.6 Å². The van der Waals surface area contributed by atoms with Crippen LogP contribution in [0.1, 0.15) is 16.7 Å². The summed E-state index contributed by atoms with van der Waals surface area (Å²) in [5, 5.41) is 14.1. The molecule has 0 saturated carbocycles. The first kappa shape index (κ1) is 17.3. The highest BCUT2D eigenvalue weighted by Gasteiger charge is 2.26. The molecular formula is C22H22N4O. The Morgan fingerprint density at radius 3 is 2.52 bits per heavy atom. The molecule has 136 valence electrons. The molecule has 2 heterocycles. The van der Waals surface area contributed by atoms with Gasteiger partial charge in [-0.2, -0.15) is 5.26 Å². The Hall–Kier alpha value is -3.10. The monoisotopic (exact) mass is 358 g/mol. The summed E-state index contributed by atoms with van der Waals surface area (Å²) in [5.41, 5.74) is 3.67. The van der Waals surface area contributed by atoms with Crippen molar-refractivity contribution in [1.82, 2.24) is 9.47 Å². The summed E-state index contributed by atoms with van der Waals surface area (Å²) in [6, 6.07) is 18.3. The van der Waals surface area contributed by atoms with Gasteiger partial charge >= 0.3 is 0 Å². The lowest BCUT2D eigenvalue weighted by molar-refractivity contribution is 0.205. The van der Waals surface area contributed by atoms with Crippen molar-refractivity contribution in [3.8, 4) is 6.07 Å². The molecule has 2 aromatic carbocycles. The molecule has 0 amide bonds. The zero-order chi connectivity index (χ0) is 19.0. The van der Waals surface area contributed by atoms with Crippen molar-refractivity contribution in [1.29, 1.82) is 5.26 Å². The molecule has 5 nitrogen and oxygen atoms in total. The Balaban J connectivity index is 1.85. The first-order chi connectivity index (χ1) is 13.1. The Morgan fingerprint density at radius 2 is 1.85 bits per heavy atom. The summed E-state index contributed by atoms with van der Waals surface area (Å²) in [4.78, 5) is 15.3. The van der Waals surface area contributed by atoms with Gasteiger partial charge in [0.25, 0.3) is 5.56 Å². The van der Waals surface area contributed by atoms with E-state index in [9.17, 15) is 10.1 Å². The van der Waals surface area contributed by atoms with Gasteiger partial charge in [-0.25, -0.2) is 0 Å². The van der Waals surface area contributed by atoms with Crippen LogP contribution in [0.5, 0.6) is 0 Å². The number of likely N-dealkylation sites (tertiary alicyclic amines) is 1. The molecule has 0 bridgehead atoms. The van der Waals surface area contributed by atoms with Crippen LogP contribution < -0.4 is 10.9 Å². The molecular weight excluding hydrogens is 336 g/mol. The van der Waals surface area contributed by atoms with Crippen LogP contribution in [0.3, 0.4) is 0 Å². The number of aryl methyl sites for hydroxylation is 1. The Morgan fingerprint density at radius 1 is 1.15 bits per heavy atom. The van der Waals surface area contributed by atoms with Gasteiger partial charge in [0.1, 0.15) is 11.6 Å². The van der Waals surface area contributed by atoms with Crippen molar-refractivity contribution in [2.24, 2.45) is 0 Å². The summed E-state index contributed by atoms with van der Waals surface area (Å²) in [5.74, 6) is 0. The fourth-order valence-corrected chi connectivity index (χ4v) is 3.69. The fraction of sp³-hybridized carbons (Fsp3) is 0.273. The highest BCUT2D eigenvalue weighted by atomic mass is 16.1. The summed E-state index contributed by atoms with van der Waals surface area (Å²) < 4.78 is 1.70. The van der Waals surface area contributed by atoms with Gasteiger partial charge in [-0.05, 0) is 25.6 Å². The van der Waals surface area contributed by atoms with Gasteiger partial charge in [-0.3, -0.25) is 4.79 Å². The quantitative estimate of drug-likeness (QED) is 0.779. The molecule has 1 aliphatic rings. The average molecular weight is 358 g/mol. The molecule has 1 aromatic heterocycles. The van der Waals surface area contributed by atoms with E-state index in [4.69, 9.17) is 0 Å².